The van der Waals surface area contributed by atoms with Gasteiger partial charge in [0.05, 0.1) is 0 Å². The smallest absolute Gasteiger partial charge is 0.128 e. The molecule has 0 fully saturated rings. The molecule has 0 spiro atoms. The molecule has 2 aromatic rings. The van der Waals surface area contributed by atoms with Crippen LogP contribution in [0.15, 0.2) is 36.4 Å². The number of halogens is 2. The Morgan fingerprint density at radius 3 is 2.95 bits per heavy atom. The molecule has 98 valence electrons. The Hall–Kier alpha value is -1.54. The molecular weight excluding hydrogens is 261 g/mol. The number of hydrogen-bond donors (Lipinski definition) is 1. The number of benzene rings is 2. The van der Waals surface area contributed by atoms with E-state index in [1.54, 1.807) is 12.1 Å². The van der Waals surface area contributed by atoms with Gasteiger partial charge in [0.25, 0.3) is 0 Å². The molecular formula is C16H15ClFN. The zero-order chi connectivity index (χ0) is 13.2. The molecule has 0 bridgehead atoms. The van der Waals surface area contributed by atoms with Gasteiger partial charge in [0.1, 0.15) is 5.82 Å². The summed E-state index contributed by atoms with van der Waals surface area (Å²) >= 11 is 6.07. The lowest BCUT2D eigenvalue weighted by atomic mass is 9.97. The average Bonchev–Trinajstić information content (AvgIpc) is 2.43. The average molecular weight is 276 g/mol. The van der Waals surface area contributed by atoms with E-state index in [9.17, 15) is 4.39 Å². The molecule has 0 atom stereocenters. The van der Waals surface area contributed by atoms with Gasteiger partial charge in [-0.25, -0.2) is 4.39 Å². The molecule has 3 heteroatoms. The Kier molecular flexibility index (Phi) is 3.43. The second kappa shape index (κ2) is 5.22. The molecule has 3 rings (SSSR count). The molecule has 1 heterocycles. The van der Waals surface area contributed by atoms with Gasteiger partial charge in [-0.05, 0) is 42.2 Å². The first-order valence-corrected chi connectivity index (χ1v) is 6.90. The summed E-state index contributed by atoms with van der Waals surface area (Å²) < 4.78 is 13.8. The molecule has 0 aliphatic carbocycles. The summed E-state index contributed by atoms with van der Waals surface area (Å²) in [6.45, 7) is 1.03. The van der Waals surface area contributed by atoms with Gasteiger partial charge in [-0.15, -0.1) is 0 Å². The number of hydrogen-bond acceptors (Lipinski definition) is 1. The first kappa shape index (κ1) is 12.5. The normalized spacial score (nSPS) is 13.8. The van der Waals surface area contributed by atoms with E-state index in [-0.39, 0.29) is 5.82 Å². The van der Waals surface area contributed by atoms with Crippen LogP contribution in [0.3, 0.4) is 0 Å². The SMILES string of the molecule is Fc1cccc(Cl)c1Cc1ccc2c(c1)CCCN2. The van der Waals surface area contributed by atoms with Gasteiger partial charge >= 0.3 is 0 Å². The van der Waals surface area contributed by atoms with Crippen molar-refractivity contribution in [2.45, 2.75) is 19.3 Å². The molecule has 1 aliphatic heterocycles. The van der Waals surface area contributed by atoms with Crippen molar-refractivity contribution in [2.24, 2.45) is 0 Å². The number of aryl methyl sites for hydroxylation is 1. The van der Waals surface area contributed by atoms with Crippen LogP contribution in [0.1, 0.15) is 23.1 Å². The molecule has 0 aromatic heterocycles. The molecule has 0 saturated heterocycles. The molecule has 19 heavy (non-hydrogen) atoms. The highest BCUT2D eigenvalue weighted by Gasteiger charge is 2.11. The fraction of sp³-hybridized carbons (Fsp3) is 0.250. The Balaban J connectivity index is 1.91. The minimum atomic E-state index is -0.233. The third kappa shape index (κ3) is 2.59. The maximum atomic E-state index is 13.8. The molecule has 1 nitrogen and oxygen atoms in total. The number of fused-ring (bicyclic) bond motifs is 1. The van der Waals surface area contributed by atoms with Crippen LogP contribution < -0.4 is 5.32 Å². The van der Waals surface area contributed by atoms with E-state index < -0.39 is 0 Å². The molecule has 1 aliphatic rings. The van der Waals surface area contributed by atoms with Crippen molar-refractivity contribution in [1.82, 2.24) is 0 Å². The van der Waals surface area contributed by atoms with Gasteiger partial charge in [-0.2, -0.15) is 0 Å². The summed E-state index contributed by atoms with van der Waals surface area (Å²) in [5, 5.41) is 3.87. The second-order valence-electron chi connectivity index (χ2n) is 4.90. The fourth-order valence-corrected chi connectivity index (χ4v) is 2.77. The van der Waals surface area contributed by atoms with Crippen LogP contribution in [0.4, 0.5) is 10.1 Å². The lowest BCUT2D eigenvalue weighted by Gasteiger charge is -2.18. The molecule has 1 N–H and O–H groups in total. The minimum absolute atomic E-state index is 0.233. The summed E-state index contributed by atoms with van der Waals surface area (Å²) in [5.74, 6) is -0.233. The van der Waals surface area contributed by atoms with Gasteiger partial charge in [0.2, 0.25) is 0 Å². The predicted molar refractivity (Wildman–Crippen MR) is 77.5 cm³/mol. The maximum Gasteiger partial charge on any atom is 0.128 e. The molecule has 0 unspecified atom stereocenters. The molecule has 0 saturated carbocycles. The van der Waals surface area contributed by atoms with Gasteiger partial charge in [0, 0.05) is 29.2 Å². The lowest BCUT2D eigenvalue weighted by Crippen LogP contribution is -2.11. The zero-order valence-electron chi connectivity index (χ0n) is 10.5. The highest BCUT2D eigenvalue weighted by Crippen LogP contribution is 2.26. The van der Waals surface area contributed by atoms with Crippen molar-refractivity contribution in [3.8, 4) is 0 Å². The van der Waals surface area contributed by atoms with Crippen molar-refractivity contribution in [3.05, 3.63) is 63.9 Å². The summed E-state index contributed by atoms with van der Waals surface area (Å²) in [4.78, 5) is 0. The largest absolute Gasteiger partial charge is 0.385 e. The van der Waals surface area contributed by atoms with Crippen molar-refractivity contribution in [3.63, 3.8) is 0 Å². The van der Waals surface area contributed by atoms with Crippen LogP contribution in [0, 0.1) is 5.82 Å². The van der Waals surface area contributed by atoms with Crippen LogP contribution >= 0.6 is 11.6 Å². The Labute approximate surface area is 117 Å². The van der Waals surface area contributed by atoms with Gasteiger partial charge in [0.15, 0.2) is 0 Å². The topological polar surface area (TPSA) is 12.0 Å². The van der Waals surface area contributed by atoms with Crippen molar-refractivity contribution in [2.75, 3.05) is 11.9 Å². The lowest BCUT2D eigenvalue weighted by molar-refractivity contribution is 0.614. The van der Waals surface area contributed by atoms with Crippen LogP contribution in [0.5, 0.6) is 0 Å². The zero-order valence-corrected chi connectivity index (χ0v) is 11.3. The summed E-state index contributed by atoms with van der Waals surface area (Å²) in [7, 11) is 0. The number of nitrogens with one attached hydrogen (secondary N) is 1. The maximum absolute atomic E-state index is 13.8. The van der Waals surface area contributed by atoms with E-state index in [0.29, 0.717) is 17.0 Å². The Morgan fingerprint density at radius 1 is 1.21 bits per heavy atom. The van der Waals surface area contributed by atoms with E-state index in [2.05, 4.69) is 17.4 Å². The molecule has 0 radical (unpaired) electrons. The summed E-state index contributed by atoms with van der Waals surface area (Å²) in [6, 6.07) is 11.1. The monoisotopic (exact) mass is 275 g/mol. The van der Waals surface area contributed by atoms with Crippen LogP contribution in [-0.2, 0) is 12.8 Å². The summed E-state index contributed by atoms with van der Waals surface area (Å²) in [6.07, 6.45) is 2.77. The highest BCUT2D eigenvalue weighted by atomic mass is 35.5. The van der Waals surface area contributed by atoms with Crippen molar-refractivity contribution >= 4 is 17.3 Å². The fourth-order valence-electron chi connectivity index (χ4n) is 2.54. The van der Waals surface area contributed by atoms with E-state index in [1.165, 1.54) is 17.3 Å². The van der Waals surface area contributed by atoms with Crippen LogP contribution in [0.2, 0.25) is 5.02 Å². The van der Waals surface area contributed by atoms with Gasteiger partial charge in [-0.3, -0.25) is 0 Å². The standard InChI is InChI=1S/C16H15ClFN/c17-14-4-1-5-15(18)13(14)10-11-6-7-16-12(9-11)3-2-8-19-16/h1,4-7,9,19H,2-3,8,10H2. The van der Waals surface area contributed by atoms with Gasteiger partial charge in [-0.1, -0.05) is 29.8 Å². The molecule has 2 aromatic carbocycles. The minimum Gasteiger partial charge on any atom is -0.385 e. The highest BCUT2D eigenvalue weighted by molar-refractivity contribution is 6.31. The first-order valence-electron chi connectivity index (χ1n) is 6.52. The van der Waals surface area contributed by atoms with E-state index >= 15 is 0 Å². The predicted octanol–water partition coefficient (Wildman–Crippen LogP) is 4.43. The van der Waals surface area contributed by atoms with Crippen molar-refractivity contribution in [1.29, 1.82) is 0 Å². The first-order chi connectivity index (χ1) is 9.24. The van der Waals surface area contributed by atoms with Gasteiger partial charge < -0.3 is 5.32 Å². The number of anilines is 1. The Morgan fingerprint density at radius 2 is 2.11 bits per heavy atom. The van der Waals surface area contributed by atoms with Crippen molar-refractivity contribution < 1.29 is 4.39 Å². The van der Waals surface area contributed by atoms with E-state index in [4.69, 9.17) is 11.6 Å². The quantitative estimate of drug-likeness (QED) is 0.855. The number of rotatable bonds is 2. The van der Waals surface area contributed by atoms with E-state index in [1.807, 2.05) is 6.07 Å². The van der Waals surface area contributed by atoms with Crippen LogP contribution in [-0.4, -0.2) is 6.54 Å². The molecule has 0 amide bonds. The summed E-state index contributed by atoms with van der Waals surface area (Å²) in [5.41, 5.74) is 4.20. The van der Waals surface area contributed by atoms with E-state index in [0.717, 1.165) is 24.9 Å². The third-order valence-corrected chi connectivity index (χ3v) is 3.90. The van der Waals surface area contributed by atoms with Crippen LogP contribution in [0.25, 0.3) is 0 Å². The third-order valence-electron chi connectivity index (χ3n) is 3.55. The second-order valence-corrected chi connectivity index (χ2v) is 5.31. The Bertz CT molecular complexity index is 589.